The van der Waals surface area contributed by atoms with Crippen LogP contribution in [0.2, 0.25) is 0 Å². The van der Waals surface area contributed by atoms with E-state index in [1.54, 1.807) is 7.05 Å². The maximum Gasteiger partial charge on any atom is 0.234 e. The number of thiophene rings is 1. The summed E-state index contributed by atoms with van der Waals surface area (Å²) in [5.41, 5.74) is 1.31. The number of carbonyl (C=O) groups is 1. The van der Waals surface area contributed by atoms with Crippen molar-refractivity contribution in [1.82, 2.24) is 10.2 Å². The summed E-state index contributed by atoms with van der Waals surface area (Å²) >= 11 is 1.44. The number of rotatable bonds is 2. The Balaban J connectivity index is 2.03. The molecule has 1 fully saturated rings. The highest BCUT2D eigenvalue weighted by Crippen LogP contribution is 2.36. The van der Waals surface area contributed by atoms with E-state index in [1.807, 2.05) is 50.2 Å². The van der Waals surface area contributed by atoms with E-state index in [0.29, 0.717) is 4.88 Å². The number of guanidine groups is 1. The van der Waals surface area contributed by atoms with Gasteiger partial charge in [0, 0.05) is 11.9 Å². The number of hydrogen-bond donors (Lipinski definition) is 2. The smallest absolute Gasteiger partial charge is 0.234 e. The number of amides is 1. The summed E-state index contributed by atoms with van der Waals surface area (Å²) in [6.07, 6.45) is 0. The Hall–Kier alpha value is -2.65. The Kier molecular flexibility index (Phi) is 3.90. The number of nitrogens with one attached hydrogen (secondary N) is 2. The summed E-state index contributed by atoms with van der Waals surface area (Å²) in [7, 11) is 1.61. The fourth-order valence-electron chi connectivity index (χ4n) is 2.96. The standard InChI is InChI=1S/C18H18N4OS/c1-11-16(23)22(3)17(20)21-18(11,2)13-6-4-5-12(9-13)15-8-7-14(10-19)24-15/h4-9,11H,1-3H3,(H2,20,21)/t11-,18-/m0/s1. The summed E-state index contributed by atoms with van der Waals surface area (Å²) in [6, 6.07) is 13.8. The summed E-state index contributed by atoms with van der Waals surface area (Å²) < 4.78 is 0. The highest BCUT2D eigenvalue weighted by molar-refractivity contribution is 7.16. The third-order valence-corrected chi connectivity index (χ3v) is 5.78. The lowest BCUT2D eigenvalue weighted by atomic mass is 9.78. The van der Waals surface area contributed by atoms with Crippen LogP contribution in [0.5, 0.6) is 0 Å². The van der Waals surface area contributed by atoms with Crippen molar-refractivity contribution in [1.29, 1.82) is 10.7 Å². The fraction of sp³-hybridized carbons (Fsp3) is 0.278. The quantitative estimate of drug-likeness (QED) is 0.883. The molecule has 2 aromatic rings. The molecule has 6 heteroatoms. The van der Waals surface area contributed by atoms with Gasteiger partial charge in [-0.25, -0.2) is 0 Å². The van der Waals surface area contributed by atoms with Gasteiger partial charge in [-0.05, 0) is 36.2 Å². The minimum Gasteiger partial charge on any atom is -0.346 e. The fourth-order valence-corrected chi connectivity index (χ4v) is 3.76. The van der Waals surface area contributed by atoms with Gasteiger partial charge in [0.05, 0.1) is 11.5 Å². The first-order valence-corrected chi connectivity index (χ1v) is 8.43. The summed E-state index contributed by atoms with van der Waals surface area (Å²) in [5.74, 6) is -0.270. The Morgan fingerprint density at radius 1 is 1.38 bits per heavy atom. The van der Waals surface area contributed by atoms with Crippen LogP contribution in [-0.4, -0.2) is 23.8 Å². The van der Waals surface area contributed by atoms with Crippen LogP contribution in [-0.2, 0) is 10.3 Å². The molecule has 24 heavy (non-hydrogen) atoms. The van der Waals surface area contributed by atoms with E-state index in [0.717, 1.165) is 16.0 Å². The molecule has 1 amide bonds. The lowest BCUT2D eigenvalue weighted by Crippen LogP contribution is -2.62. The molecule has 0 aliphatic carbocycles. The predicted octanol–water partition coefficient (Wildman–Crippen LogP) is 3.13. The Bertz CT molecular complexity index is 866. The van der Waals surface area contributed by atoms with Gasteiger partial charge in [-0.15, -0.1) is 11.3 Å². The molecule has 1 aromatic heterocycles. The van der Waals surface area contributed by atoms with Crippen molar-refractivity contribution in [2.24, 2.45) is 5.92 Å². The van der Waals surface area contributed by atoms with E-state index in [1.165, 1.54) is 16.2 Å². The predicted molar refractivity (Wildman–Crippen MR) is 94.6 cm³/mol. The van der Waals surface area contributed by atoms with Crippen LogP contribution in [0.25, 0.3) is 10.4 Å². The Morgan fingerprint density at radius 3 is 2.79 bits per heavy atom. The van der Waals surface area contributed by atoms with E-state index in [-0.39, 0.29) is 17.8 Å². The van der Waals surface area contributed by atoms with Gasteiger partial charge in [0.15, 0.2) is 5.96 Å². The molecule has 0 saturated carbocycles. The van der Waals surface area contributed by atoms with Crippen molar-refractivity contribution >= 4 is 23.2 Å². The lowest BCUT2D eigenvalue weighted by Gasteiger charge is -2.44. The van der Waals surface area contributed by atoms with Crippen molar-refractivity contribution in [3.05, 3.63) is 46.8 Å². The molecule has 122 valence electrons. The first-order chi connectivity index (χ1) is 11.4. The zero-order chi connectivity index (χ0) is 17.5. The van der Waals surface area contributed by atoms with Crippen LogP contribution >= 0.6 is 11.3 Å². The van der Waals surface area contributed by atoms with Gasteiger partial charge in [0.2, 0.25) is 5.91 Å². The molecule has 2 heterocycles. The third kappa shape index (κ3) is 2.47. The van der Waals surface area contributed by atoms with Gasteiger partial charge in [-0.2, -0.15) is 5.26 Å². The minimum absolute atomic E-state index is 0.0745. The zero-order valence-electron chi connectivity index (χ0n) is 13.8. The molecule has 0 bridgehead atoms. The van der Waals surface area contributed by atoms with E-state index in [4.69, 9.17) is 10.7 Å². The van der Waals surface area contributed by atoms with Gasteiger partial charge in [0.1, 0.15) is 10.9 Å². The Labute approximate surface area is 145 Å². The van der Waals surface area contributed by atoms with Crippen LogP contribution in [0, 0.1) is 22.7 Å². The molecule has 0 spiro atoms. The molecule has 0 unspecified atom stereocenters. The van der Waals surface area contributed by atoms with E-state index < -0.39 is 5.54 Å². The number of nitriles is 1. The maximum absolute atomic E-state index is 12.4. The highest BCUT2D eigenvalue weighted by Gasteiger charge is 2.44. The number of carbonyl (C=O) groups excluding carboxylic acids is 1. The second kappa shape index (κ2) is 5.77. The van der Waals surface area contributed by atoms with Crippen LogP contribution in [0.4, 0.5) is 0 Å². The molecule has 1 aliphatic rings. The molecule has 3 rings (SSSR count). The van der Waals surface area contributed by atoms with E-state index in [9.17, 15) is 4.79 Å². The number of nitrogens with zero attached hydrogens (tertiary/aromatic N) is 2. The van der Waals surface area contributed by atoms with Crippen molar-refractivity contribution in [2.45, 2.75) is 19.4 Å². The molecule has 1 aromatic carbocycles. The molecular weight excluding hydrogens is 320 g/mol. The molecule has 2 atom stereocenters. The van der Waals surface area contributed by atoms with Crippen molar-refractivity contribution < 1.29 is 4.79 Å². The molecule has 0 radical (unpaired) electrons. The zero-order valence-corrected chi connectivity index (χ0v) is 14.6. The number of benzene rings is 1. The highest BCUT2D eigenvalue weighted by atomic mass is 32.1. The van der Waals surface area contributed by atoms with E-state index in [2.05, 4.69) is 11.4 Å². The summed E-state index contributed by atoms with van der Waals surface area (Å²) in [6.45, 7) is 3.83. The third-order valence-electron chi connectivity index (χ3n) is 4.74. The van der Waals surface area contributed by atoms with Crippen molar-refractivity contribution in [3.8, 4) is 16.5 Å². The van der Waals surface area contributed by atoms with E-state index >= 15 is 0 Å². The summed E-state index contributed by atoms with van der Waals surface area (Å²) in [4.78, 5) is 15.5. The van der Waals surface area contributed by atoms with Crippen molar-refractivity contribution in [3.63, 3.8) is 0 Å². The van der Waals surface area contributed by atoms with Gasteiger partial charge in [0.25, 0.3) is 0 Å². The van der Waals surface area contributed by atoms with Gasteiger partial charge >= 0.3 is 0 Å². The molecule has 1 saturated heterocycles. The first kappa shape index (κ1) is 16.2. The minimum atomic E-state index is -0.647. The SMILES string of the molecule is C[C@H]1C(=O)N(C)C(=N)N[C@]1(C)c1cccc(-c2ccc(C#N)s2)c1. The first-order valence-electron chi connectivity index (χ1n) is 7.62. The second-order valence-corrected chi connectivity index (χ2v) is 7.24. The molecule has 2 N–H and O–H groups in total. The van der Waals surface area contributed by atoms with Crippen LogP contribution in [0.15, 0.2) is 36.4 Å². The summed E-state index contributed by atoms with van der Waals surface area (Å²) in [5, 5.41) is 20.2. The average Bonchev–Trinajstić information content (AvgIpc) is 3.07. The lowest BCUT2D eigenvalue weighted by molar-refractivity contribution is -0.134. The maximum atomic E-state index is 12.4. The molecular formula is C18H18N4OS. The molecule has 5 nitrogen and oxygen atoms in total. The average molecular weight is 338 g/mol. The molecule has 1 aliphatic heterocycles. The Morgan fingerprint density at radius 2 is 2.12 bits per heavy atom. The largest absolute Gasteiger partial charge is 0.346 e. The normalized spacial score (nSPS) is 23.8. The van der Waals surface area contributed by atoms with Gasteiger partial charge in [-0.3, -0.25) is 15.1 Å². The van der Waals surface area contributed by atoms with Crippen molar-refractivity contribution in [2.75, 3.05) is 7.05 Å². The van der Waals surface area contributed by atoms with Gasteiger partial charge < -0.3 is 5.32 Å². The second-order valence-electron chi connectivity index (χ2n) is 6.15. The van der Waals surface area contributed by atoms with Crippen LogP contribution in [0.3, 0.4) is 0 Å². The topological polar surface area (TPSA) is 80.0 Å². The van der Waals surface area contributed by atoms with Crippen LogP contribution < -0.4 is 5.32 Å². The van der Waals surface area contributed by atoms with Gasteiger partial charge in [-0.1, -0.05) is 25.1 Å². The monoisotopic (exact) mass is 338 g/mol. The van der Waals surface area contributed by atoms with Crippen LogP contribution in [0.1, 0.15) is 24.3 Å². The number of hydrogen-bond acceptors (Lipinski definition) is 4.